The molecule has 96 valence electrons. The van der Waals surface area contributed by atoms with Gasteiger partial charge >= 0.3 is 0 Å². The molecule has 1 aromatic heterocycles. The van der Waals surface area contributed by atoms with Crippen LogP contribution in [0.5, 0.6) is 0 Å². The molecule has 0 aromatic carbocycles. The number of fused-ring (bicyclic) bond motifs is 1. The Bertz CT molecular complexity index is 362. The van der Waals surface area contributed by atoms with Crippen molar-refractivity contribution in [3.05, 3.63) is 17.5 Å². The van der Waals surface area contributed by atoms with Crippen molar-refractivity contribution in [1.82, 2.24) is 14.7 Å². The molecule has 0 spiro atoms. The molecule has 0 amide bonds. The first-order chi connectivity index (χ1) is 8.24. The highest BCUT2D eigenvalue weighted by atomic mass is 16.2. The lowest BCUT2D eigenvalue weighted by molar-refractivity contribution is 0.205. The van der Waals surface area contributed by atoms with Crippen molar-refractivity contribution < 1.29 is 5.11 Å². The number of rotatable bonds is 5. The van der Waals surface area contributed by atoms with E-state index < -0.39 is 0 Å². The van der Waals surface area contributed by atoms with Gasteiger partial charge in [-0.05, 0) is 45.7 Å². The van der Waals surface area contributed by atoms with Crippen LogP contribution in [0.3, 0.4) is 0 Å². The summed E-state index contributed by atoms with van der Waals surface area (Å²) in [6.07, 6.45) is 7.64. The van der Waals surface area contributed by atoms with Crippen molar-refractivity contribution in [3.8, 4) is 0 Å². The number of aliphatic hydroxyl groups excluding tert-OH is 1. The molecule has 0 saturated carbocycles. The van der Waals surface area contributed by atoms with Crippen molar-refractivity contribution in [1.29, 1.82) is 0 Å². The molecular formula is C13H23N3O. The van der Waals surface area contributed by atoms with Gasteiger partial charge in [-0.2, -0.15) is 5.10 Å². The van der Waals surface area contributed by atoms with Crippen LogP contribution in [0.4, 0.5) is 0 Å². The second kappa shape index (κ2) is 5.65. The first-order valence-electron chi connectivity index (χ1n) is 6.56. The zero-order chi connectivity index (χ0) is 12.3. The minimum absolute atomic E-state index is 0.302. The third kappa shape index (κ3) is 2.69. The van der Waals surface area contributed by atoms with E-state index in [4.69, 9.17) is 5.11 Å². The van der Waals surface area contributed by atoms with Crippen molar-refractivity contribution in [2.75, 3.05) is 20.2 Å². The number of aromatic nitrogens is 2. The average molecular weight is 237 g/mol. The number of aryl methyl sites for hydroxylation is 1. The van der Waals surface area contributed by atoms with Gasteiger partial charge in [0.2, 0.25) is 0 Å². The van der Waals surface area contributed by atoms with Crippen molar-refractivity contribution in [2.45, 2.75) is 38.1 Å². The van der Waals surface area contributed by atoms with Gasteiger partial charge in [-0.1, -0.05) is 0 Å². The molecule has 1 atom stereocenters. The van der Waals surface area contributed by atoms with E-state index in [0.29, 0.717) is 12.6 Å². The van der Waals surface area contributed by atoms with E-state index in [1.165, 1.54) is 24.1 Å². The smallest absolute Gasteiger partial charge is 0.0540 e. The molecule has 0 aliphatic heterocycles. The number of unbranched alkanes of at least 4 members (excludes halogenated alkanes) is 1. The molecule has 1 heterocycles. The molecule has 2 rings (SSSR count). The monoisotopic (exact) mass is 237 g/mol. The number of hydrogen-bond donors (Lipinski definition) is 1. The lowest BCUT2D eigenvalue weighted by atomic mass is 9.92. The summed E-state index contributed by atoms with van der Waals surface area (Å²) in [5.41, 5.74) is 2.81. The van der Waals surface area contributed by atoms with E-state index in [1.54, 1.807) is 0 Å². The van der Waals surface area contributed by atoms with E-state index in [0.717, 1.165) is 25.8 Å². The van der Waals surface area contributed by atoms with Crippen LogP contribution in [0, 0.1) is 0 Å². The van der Waals surface area contributed by atoms with Crippen LogP contribution in [0.1, 0.15) is 43.0 Å². The van der Waals surface area contributed by atoms with E-state index in [9.17, 15) is 0 Å². The Morgan fingerprint density at radius 1 is 1.53 bits per heavy atom. The van der Waals surface area contributed by atoms with Gasteiger partial charge in [0.05, 0.1) is 6.20 Å². The number of hydrogen-bond acceptors (Lipinski definition) is 3. The summed E-state index contributed by atoms with van der Waals surface area (Å²) in [6, 6.07) is 0.520. The van der Waals surface area contributed by atoms with Gasteiger partial charge in [0, 0.05) is 31.0 Å². The Kier molecular flexibility index (Phi) is 4.18. The van der Waals surface area contributed by atoms with Crippen LogP contribution in [-0.4, -0.2) is 40.0 Å². The summed E-state index contributed by atoms with van der Waals surface area (Å²) in [7, 11) is 4.22. The van der Waals surface area contributed by atoms with Gasteiger partial charge in [-0.15, -0.1) is 0 Å². The molecule has 0 radical (unpaired) electrons. The van der Waals surface area contributed by atoms with Gasteiger partial charge in [0.15, 0.2) is 0 Å². The molecule has 0 bridgehead atoms. The second-order valence-corrected chi connectivity index (χ2v) is 4.99. The fraction of sp³-hybridized carbons (Fsp3) is 0.769. The predicted molar refractivity (Wildman–Crippen MR) is 67.8 cm³/mol. The molecule has 1 aliphatic rings. The second-order valence-electron chi connectivity index (χ2n) is 4.99. The normalized spacial score (nSPS) is 19.6. The van der Waals surface area contributed by atoms with Crippen molar-refractivity contribution >= 4 is 0 Å². The van der Waals surface area contributed by atoms with Gasteiger partial charge < -0.3 is 5.11 Å². The van der Waals surface area contributed by atoms with Crippen molar-refractivity contribution in [3.63, 3.8) is 0 Å². The quantitative estimate of drug-likeness (QED) is 0.789. The van der Waals surface area contributed by atoms with Crippen LogP contribution in [0.2, 0.25) is 0 Å². The maximum absolute atomic E-state index is 8.82. The van der Waals surface area contributed by atoms with E-state index >= 15 is 0 Å². The Hall–Kier alpha value is -0.870. The SMILES string of the molecule is CN(CCCCO)C1CCCc2c1cnn2C. The van der Waals surface area contributed by atoms with Gasteiger partial charge in [-0.3, -0.25) is 9.58 Å². The topological polar surface area (TPSA) is 41.3 Å². The minimum Gasteiger partial charge on any atom is -0.396 e. The molecule has 1 N–H and O–H groups in total. The highest BCUT2D eigenvalue weighted by Gasteiger charge is 2.25. The Balaban J connectivity index is 2.02. The van der Waals surface area contributed by atoms with Gasteiger partial charge in [0.1, 0.15) is 0 Å². The van der Waals surface area contributed by atoms with Crippen LogP contribution < -0.4 is 0 Å². The highest BCUT2D eigenvalue weighted by molar-refractivity contribution is 5.24. The molecule has 1 unspecified atom stereocenters. The lowest BCUT2D eigenvalue weighted by Gasteiger charge is -2.31. The lowest BCUT2D eigenvalue weighted by Crippen LogP contribution is -2.28. The maximum atomic E-state index is 8.82. The first kappa shape index (κ1) is 12.6. The third-order valence-corrected chi connectivity index (χ3v) is 3.80. The number of aliphatic hydroxyl groups is 1. The predicted octanol–water partition coefficient (Wildman–Crippen LogP) is 1.50. The molecule has 4 nitrogen and oxygen atoms in total. The summed E-state index contributed by atoms with van der Waals surface area (Å²) in [5.74, 6) is 0. The molecule has 17 heavy (non-hydrogen) atoms. The minimum atomic E-state index is 0.302. The molecule has 4 heteroatoms. The highest BCUT2D eigenvalue weighted by Crippen LogP contribution is 2.33. The zero-order valence-corrected chi connectivity index (χ0v) is 10.9. The summed E-state index contributed by atoms with van der Waals surface area (Å²) in [5, 5.41) is 13.2. The van der Waals surface area contributed by atoms with Crippen LogP contribution >= 0.6 is 0 Å². The van der Waals surface area contributed by atoms with Crippen LogP contribution in [0.25, 0.3) is 0 Å². The molecule has 1 aromatic rings. The van der Waals surface area contributed by atoms with E-state index in [-0.39, 0.29) is 0 Å². The molecule has 1 aliphatic carbocycles. The summed E-state index contributed by atoms with van der Waals surface area (Å²) >= 11 is 0. The standard InChI is InChI=1S/C13H23N3O/c1-15(8-3-4-9-17)12-6-5-7-13-11(12)10-14-16(13)2/h10,12,17H,3-9H2,1-2H3. The Labute approximate surface area is 103 Å². The summed E-state index contributed by atoms with van der Waals surface area (Å²) in [4.78, 5) is 2.41. The third-order valence-electron chi connectivity index (χ3n) is 3.80. The molecular weight excluding hydrogens is 214 g/mol. The Morgan fingerprint density at radius 3 is 3.12 bits per heavy atom. The summed E-state index contributed by atoms with van der Waals surface area (Å²) in [6.45, 7) is 1.36. The largest absolute Gasteiger partial charge is 0.396 e. The fourth-order valence-corrected chi connectivity index (χ4v) is 2.77. The maximum Gasteiger partial charge on any atom is 0.0540 e. The first-order valence-corrected chi connectivity index (χ1v) is 6.56. The molecule has 0 fully saturated rings. The fourth-order valence-electron chi connectivity index (χ4n) is 2.77. The summed E-state index contributed by atoms with van der Waals surface area (Å²) < 4.78 is 2.02. The van der Waals surface area contributed by atoms with Crippen LogP contribution in [-0.2, 0) is 13.5 Å². The van der Waals surface area contributed by atoms with Crippen LogP contribution in [0.15, 0.2) is 6.20 Å². The Morgan fingerprint density at radius 2 is 2.35 bits per heavy atom. The zero-order valence-electron chi connectivity index (χ0n) is 10.9. The average Bonchev–Trinajstić information content (AvgIpc) is 2.71. The van der Waals surface area contributed by atoms with Gasteiger partial charge in [0.25, 0.3) is 0 Å². The number of nitrogens with zero attached hydrogens (tertiary/aromatic N) is 3. The van der Waals surface area contributed by atoms with Crippen molar-refractivity contribution in [2.24, 2.45) is 7.05 Å². The molecule has 0 saturated heterocycles. The van der Waals surface area contributed by atoms with E-state index in [2.05, 4.69) is 17.0 Å². The van der Waals surface area contributed by atoms with E-state index in [1.807, 2.05) is 17.9 Å². The van der Waals surface area contributed by atoms with Gasteiger partial charge in [-0.25, -0.2) is 0 Å².